The molecule has 0 atom stereocenters. The van der Waals surface area contributed by atoms with E-state index in [1.165, 1.54) is 18.3 Å². The number of nitrogens with one attached hydrogen (secondary N) is 2. The molecule has 2 aromatic rings. The van der Waals surface area contributed by atoms with Crippen LogP contribution in [0.2, 0.25) is 0 Å². The fraction of sp³-hybridized carbons (Fsp3) is 0.235. The van der Waals surface area contributed by atoms with Crippen molar-refractivity contribution in [1.82, 2.24) is 5.32 Å². The number of amides is 2. The molecule has 1 aromatic carbocycles. The first-order valence-electron chi connectivity index (χ1n) is 7.24. The van der Waals surface area contributed by atoms with Gasteiger partial charge in [-0.1, -0.05) is 18.2 Å². The smallest absolute Gasteiger partial charge is 0.221 e. The average molecular weight is 330 g/mol. The van der Waals surface area contributed by atoms with Crippen LogP contribution in [0.4, 0.5) is 5.69 Å². The number of rotatable bonds is 7. The molecular formula is C17H18N2O3S. The van der Waals surface area contributed by atoms with Crippen LogP contribution >= 0.6 is 11.3 Å². The number of carbonyl (C=O) groups is 3. The molecule has 2 amide bonds. The maximum absolute atomic E-state index is 11.8. The lowest BCUT2D eigenvalue weighted by atomic mass is 10.1. The molecule has 1 heterocycles. The molecule has 0 spiro atoms. The molecule has 0 fully saturated rings. The summed E-state index contributed by atoms with van der Waals surface area (Å²) in [6.07, 6.45) is 0.397. The third kappa shape index (κ3) is 5.67. The minimum Gasteiger partial charge on any atom is -0.352 e. The van der Waals surface area contributed by atoms with Crippen molar-refractivity contribution in [2.75, 3.05) is 5.32 Å². The van der Waals surface area contributed by atoms with Crippen LogP contribution in [0.5, 0.6) is 0 Å². The molecule has 2 rings (SSSR count). The average Bonchev–Trinajstić information content (AvgIpc) is 3.06. The number of carbonyl (C=O) groups excluding carboxylic acids is 3. The maximum atomic E-state index is 11.8. The van der Waals surface area contributed by atoms with Crippen molar-refractivity contribution in [3.8, 4) is 0 Å². The Hall–Kier alpha value is -2.47. The van der Waals surface area contributed by atoms with E-state index in [0.717, 1.165) is 5.56 Å². The number of thiophene rings is 1. The predicted octanol–water partition coefficient (Wildman–Crippen LogP) is 2.99. The molecule has 6 heteroatoms. The Kier molecular flexibility index (Phi) is 6.05. The molecule has 23 heavy (non-hydrogen) atoms. The topological polar surface area (TPSA) is 75.3 Å². The molecule has 2 N–H and O–H groups in total. The Morgan fingerprint density at radius 1 is 1.04 bits per heavy atom. The number of Topliss-reactive ketones (excluding diaryl/α,β-unsaturated/α-hetero) is 1. The van der Waals surface area contributed by atoms with Gasteiger partial charge in [0.05, 0.1) is 4.88 Å². The van der Waals surface area contributed by atoms with Crippen molar-refractivity contribution >= 4 is 34.6 Å². The van der Waals surface area contributed by atoms with Gasteiger partial charge >= 0.3 is 0 Å². The van der Waals surface area contributed by atoms with Crippen LogP contribution in [0.15, 0.2) is 41.8 Å². The van der Waals surface area contributed by atoms with E-state index in [2.05, 4.69) is 10.6 Å². The molecule has 120 valence electrons. The van der Waals surface area contributed by atoms with Crippen LogP contribution in [-0.4, -0.2) is 17.6 Å². The summed E-state index contributed by atoms with van der Waals surface area (Å²) in [5, 5.41) is 7.31. The summed E-state index contributed by atoms with van der Waals surface area (Å²) < 4.78 is 0. The predicted molar refractivity (Wildman–Crippen MR) is 90.5 cm³/mol. The first-order valence-corrected chi connectivity index (χ1v) is 8.12. The largest absolute Gasteiger partial charge is 0.352 e. The molecule has 0 aliphatic heterocycles. The van der Waals surface area contributed by atoms with Gasteiger partial charge < -0.3 is 10.6 Å². The lowest BCUT2D eigenvalue weighted by Crippen LogP contribution is -2.23. The van der Waals surface area contributed by atoms with Gasteiger partial charge in [0, 0.05) is 32.0 Å². The minimum absolute atomic E-state index is 0.00481. The highest BCUT2D eigenvalue weighted by molar-refractivity contribution is 7.12. The Bertz CT molecular complexity index is 678. The third-order valence-corrected chi connectivity index (χ3v) is 4.05. The molecule has 0 aliphatic rings. The summed E-state index contributed by atoms with van der Waals surface area (Å²) in [7, 11) is 0. The van der Waals surface area contributed by atoms with Crippen LogP contribution in [0.1, 0.15) is 35.0 Å². The third-order valence-electron chi connectivity index (χ3n) is 3.14. The minimum atomic E-state index is -0.152. The molecule has 1 aromatic heterocycles. The van der Waals surface area contributed by atoms with E-state index in [1.807, 2.05) is 23.6 Å². The summed E-state index contributed by atoms with van der Waals surface area (Å²) >= 11 is 1.39. The van der Waals surface area contributed by atoms with Gasteiger partial charge in [-0.25, -0.2) is 0 Å². The number of hydrogen-bond donors (Lipinski definition) is 2. The van der Waals surface area contributed by atoms with E-state index in [0.29, 0.717) is 17.1 Å². The Morgan fingerprint density at radius 2 is 1.78 bits per heavy atom. The van der Waals surface area contributed by atoms with Crippen molar-refractivity contribution in [2.45, 2.75) is 26.3 Å². The van der Waals surface area contributed by atoms with Crippen LogP contribution in [0, 0.1) is 0 Å². The fourth-order valence-corrected chi connectivity index (χ4v) is 2.68. The molecule has 0 radical (unpaired) electrons. The fourth-order valence-electron chi connectivity index (χ4n) is 1.99. The Morgan fingerprint density at radius 3 is 2.39 bits per heavy atom. The van der Waals surface area contributed by atoms with E-state index in [1.54, 1.807) is 18.2 Å². The lowest BCUT2D eigenvalue weighted by Gasteiger charge is -2.06. The molecule has 0 saturated carbocycles. The highest BCUT2D eigenvalue weighted by Gasteiger charge is 2.09. The lowest BCUT2D eigenvalue weighted by molar-refractivity contribution is -0.121. The standard InChI is InChI=1S/C17H18N2O3S/c1-12(20)19-14-6-4-13(5-7-14)11-18-17(22)9-8-15(21)16-3-2-10-23-16/h2-7,10H,8-9,11H2,1H3,(H,18,22)(H,19,20). The zero-order chi connectivity index (χ0) is 16.7. The normalized spacial score (nSPS) is 10.1. The van der Waals surface area contributed by atoms with E-state index >= 15 is 0 Å². The molecule has 0 bridgehead atoms. The van der Waals surface area contributed by atoms with E-state index in [4.69, 9.17) is 0 Å². The van der Waals surface area contributed by atoms with Crippen molar-refractivity contribution < 1.29 is 14.4 Å². The highest BCUT2D eigenvalue weighted by Crippen LogP contribution is 2.12. The zero-order valence-electron chi connectivity index (χ0n) is 12.8. The SMILES string of the molecule is CC(=O)Nc1ccc(CNC(=O)CCC(=O)c2cccs2)cc1. The summed E-state index contributed by atoms with van der Waals surface area (Å²) in [4.78, 5) is 35.2. The van der Waals surface area contributed by atoms with Crippen LogP contribution < -0.4 is 10.6 Å². The van der Waals surface area contributed by atoms with Crippen LogP contribution in [-0.2, 0) is 16.1 Å². The van der Waals surface area contributed by atoms with Crippen molar-refractivity contribution in [3.63, 3.8) is 0 Å². The van der Waals surface area contributed by atoms with Crippen LogP contribution in [0.25, 0.3) is 0 Å². The Labute approximate surface area is 138 Å². The van der Waals surface area contributed by atoms with Gasteiger partial charge in [-0.15, -0.1) is 11.3 Å². The number of ketones is 1. The zero-order valence-corrected chi connectivity index (χ0v) is 13.6. The van der Waals surface area contributed by atoms with Crippen molar-refractivity contribution in [3.05, 3.63) is 52.2 Å². The van der Waals surface area contributed by atoms with Gasteiger partial charge in [-0.2, -0.15) is 0 Å². The Balaban J connectivity index is 1.73. The van der Waals surface area contributed by atoms with Gasteiger partial charge in [-0.05, 0) is 29.1 Å². The van der Waals surface area contributed by atoms with E-state index < -0.39 is 0 Å². The summed E-state index contributed by atoms with van der Waals surface area (Å²) in [6.45, 7) is 1.85. The summed E-state index contributed by atoms with van der Waals surface area (Å²) in [6, 6.07) is 10.8. The summed E-state index contributed by atoms with van der Waals surface area (Å²) in [5.74, 6) is -0.280. The van der Waals surface area contributed by atoms with E-state index in [9.17, 15) is 14.4 Å². The molecular weight excluding hydrogens is 312 g/mol. The maximum Gasteiger partial charge on any atom is 0.221 e. The second kappa shape index (κ2) is 8.24. The van der Waals surface area contributed by atoms with Gasteiger partial charge in [0.2, 0.25) is 11.8 Å². The number of hydrogen-bond acceptors (Lipinski definition) is 4. The van der Waals surface area contributed by atoms with Gasteiger partial charge in [0.25, 0.3) is 0 Å². The van der Waals surface area contributed by atoms with Gasteiger partial charge in [0.1, 0.15) is 0 Å². The molecule has 0 unspecified atom stereocenters. The van der Waals surface area contributed by atoms with Crippen LogP contribution in [0.3, 0.4) is 0 Å². The number of anilines is 1. The van der Waals surface area contributed by atoms with Gasteiger partial charge in [-0.3, -0.25) is 14.4 Å². The first kappa shape index (κ1) is 16.9. The first-order chi connectivity index (χ1) is 11.0. The van der Waals surface area contributed by atoms with E-state index in [-0.39, 0.29) is 30.4 Å². The molecule has 5 nitrogen and oxygen atoms in total. The molecule has 0 saturated heterocycles. The van der Waals surface area contributed by atoms with Gasteiger partial charge in [0.15, 0.2) is 5.78 Å². The molecule has 0 aliphatic carbocycles. The quantitative estimate of drug-likeness (QED) is 0.766. The highest BCUT2D eigenvalue weighted by atomic mass is 32.1. The van der Waals surface area contributed by atoms with Crippen molar-refractivity contribution in [2.24, 2.45) is 0 Å². The second-order valence-corrected chi connectivity index (χ2v) is 6.00. The van der Waals surface area contributed by atoms with Crippen molar-refractivity contribution in [1.29, 1.82) is 0 Å². The second-order valence-electron chi connectivity index (χ2n) is 5.06. The number of benzene rings is 1. The monoisotopic (exact) mass is 330 g/mol. The summed E-state index contributed by atoms with van der Waals surface area (Å²) in [5.41, 5.74) is 1.64.